The largest absolute Gasteiger partial charge is 0.342 e. The van der Waals surface area contributed by atoms with Gasteiger partial charge >= 0.3 is 0 Å². The third-order valence-corrected chi connectivity index (χ3v) is 5.65. The third kappa shape index (κ3) is 3.77. The van der Waals surface area contributed by atoms with Crippen molar-refractivity contribution >= 4 is 5.91 Å². The number of likely N-dealkylation sites (tertiary alicyclic amines) is 1. The molecule has 1 amide bonds. The minimum absolute atomic E-state index is 0.352. The van der Waals surface area contributed by atoms with E-state index >= 15 is 0 Å². The summed E-state index contributed by atoms with van der Waals surface area (Å²) in [5, 5.41) is 3.74. The summed E-state index contributed by atoms with van der Waals surface area (Å²) in [6.07, 6.45) is 3.29. The molecule has 2 aliphatic rings. The summed E-state index contributed by atoms with van der Waals surface area (Å²) in [6.45, 7) is 11.6. The average molecular weight is 314 g/mol. The van der Waals surface area contributed by atoms with Crippen LogP contribution in [0.15, 0.2) is 12.1 Å². The van der Waals surface area contributed by atoms with E-state index < -0.39 is 0 Å². The first-order chi connectivity index (χ1) is 11.0. The zero-order valence-electron chi connectivity index (χ0n) is 15.0. The standard InChI is InChI=1S/C20H30N2O/c1-13-9-15(3)18(10-14(13)2)11-21-19-7-8-22(12-16(19)4)20(23)17-5-6-17/h9-10,16-17,19,21H,5-8,11-12H2,1-4H3/t16-,19-/m0/s1. The molecule has 1 aliphatic heterocycles. The number of carbonyl (C=O) groups is 1. The lowest BCUT2D eigenvalue weighted by molar-refractivity contribution is -0.134. The van der Waals surface area contributed by atoms with Gasteiger partial charge < -0.3 is 10.2 Å². The Balaban J connectivity index is 1.55. The van der Waals surface area contributed by atoms with Crippen LogP contribution in [0.25, 0.3) is 0 Å². The number of hydrogen-bond acceptors (Lipinski definition) is 2. The third-order valence-electron chi connectivity index (χ3n) is 5.65. The number of rotatable bonds is 4. The number of piperidine rings is 1. The predicted molar refractivity (Wildman–Crippen MR) is 94.4 cm³/mol. The topological polar surface area (TPSA) is 32.3 Å². The Morgan fingerprint density at radius 3 is 2.48 bits per heavy atom. The fraction of sp³-hybridized carbons (Fsp3) is 0.650. The number of nitrogens with zero attached hydrogens (tertiary/aromatic N) is 1. The molecule has 0 bridgehead atoms. The lowest BCUT2D eigenvalue weighted by atomic mass is 9.92. The number of amides is 1. The second kappa shape index (κ2) is 6.64. The van der Waals surface area contributed by atoms with Crippen molar-refractivity contribution in [3.05, 3.63) is 34.4 Å². The van der Waals surface area contributed by atoms with Gasteiger partial charge in [-0.2, -0.15) is 0 Å². The highest BCUT2D eigenvalue weighted by atomic mass is 16.2. The van der Waals surface area contributed by atoms with Gasteiger partial charge in [0.1, 0.15) is 0 Å². The molecule has 1 heterocycles. The molecule has 3 nitrogen and oxygen atoms in total. The Hall–Kier alpha value is -1.35. The molecule has 23 heavy (non-hydrogen) atoms. The molecular formula is C20H30N2O. The van der Waals surface area contributed by atoms with E-state index in [0.717, 1.165) is 38.9 Å². The molecule has 1 saturated carbocycles. The Labute approximate surface area is 140 Å². The molecule has 1 aromatic rings. The van der Waals surface area contributed by atoms with E-state index in [9.17, 15) is 4.79 Å². The Morgan fingerprint density at radius 1 is 1.13 bits per heavy atom. The van der Waals surface area contributed by atoms with Crippen molar-refractivity contribution in [1.82, 2.24) is 10.2 Å². The lowest BCUT2D eigenvalue weighted by Gasteiger charge is -2.37. The Kier molecular flexibility index (Phi) is 4.77. The van der Waals surface area contributed by atoms with Crippen LogP contribution in [0, 0.1) is 32.6 Å². The van der Waals surface area contributed by atoms with Gasteiger partial charge in [0.15, 0.2) is 0 Å². The van der Waals surface area contributed by atoms with Crippen molar-refractivity contribution in [3.8, 4) is 0 Å². The van der Waals surface area contributed by atoms with E-state index in [1.165, 1.54) is 22.3 Å². The highest BCUT2D eigenvalue weighted by Gasteiger charge is 2.36. The summed E-state index contributed by atoms with van der Waals surface area (Å²) in [5.41, 5.74) is 5.50. The van der Waals surface area contributed by atoms with Crippen molar-refractivity contribution < 1.29 is 4.79 Å². The average Bonchev–Trinajstić information content (AvgIpc) is 3.34. The molecule has 2 atom stereocenters. The summed E-state index contributed by atoms with van der Waals surface area (Å²) in [4.78, 5) is 14.3. The summed E-state index contributed by atoms with van der Waals surface area (Å²) >= 11 is 0. The van der Waals surface area contributed by atoms with E-state index in [2.05, 4.69) is 50.0 Å². The number of benzene rings is 1. The van der Waals surface area contributed by atoms with Crippen LogP contribution in [0.3, 0.4) is 0 Å². The molecule has 126 valence electrons. The minimum atomic E-state index is 0.352. The molecule has 2 fully saturated rings. The normalized spacial score (nSPS) is 24.8. The molecular weight excluding hydrogens is 284 g/mol. The monoisotopic (exact) mass is 314 g/mol. The number of hydrogen-bond donors (Lipinski definition) is 1. The molecule has 0 spiro atoms. The van der Waals surface area contributed by atoms with Crippen LogP contribution >= 0.6 is 0 Å². The fourth-order valence-electron chi connectivity index (χ4n) is 3.69. The highest BCUT2D eigenvalue weighted by Crippen LogP contribution is 2.32. The molecule has 1 aliphatic carbocycles. The summed E-state index contributed by atoms with van der Waals surface area (Å²) < 4.78 is 0. The highest BCUT2D eigenvalue weighted by molar-refractivity contribution is 5.81. The maximum Gasteiger partial charge on any atom is 0.225 e. The lowest BCUT2D eigenvalue weighted by Crippen LogP contribution is -2.50. The van der Waals surface area contributed by atoms with Gasteiger partial charge in [0.05, 0.1) is 0 Å². The molecule has 1 N–H and O–H groups in total. The second-order valence-corrected chi connectivity index (χ2v) is 7.67. The van der Waals surface area contributed by atoms with Crippen LogP contribution in [0.5, 0.6) is 0 Å². The van der Waals surface area contributed by atoms with Crippen LogP contribution in [-0.2, 0) is 11.3 Å². The van der Waals surface area contributed by atoms with Crippen molar-refractivity contribution in [3.63, 3.8) is 0 Å². The van der Waals surface area contributed by atoms with Crippen molar-refractivity contribution in [2.45, 2.75) is 59.5 Å². The zero-order valence-corrected chi connectivity index (χ0v) is 15.0. The maximum absolute atomic E-state index is 12.2. The van der Waals surface area contributed by atoms with Gasteiger partial charge in [-0.05, 0) is 68.2 Å². The van der Waals surface area contributed by atoms with Gasteiger partial charge in [-0.3, -0.25) is 4.79 Å². The Bertz CT molecular complexity index is 592. The molecule has 1 saturated heterocycles. The molecule has 0 aromatic heterocycles. The zero-order chi connectivity index (χ0) is 16.6. The summed E-state index contributed by atoms with van der Waals surface area (Å²) in [7, 11) is 0. The van der Waals surface area contributed by atoms with Crippen LogP contribution in [0.4, 0.5) is 0 Å². The first-order valence-electron chi connectivity index (χ1n) is 9.04. The number of carbonyl (C=O) groups excluding carboxylic acids is 1. The van der Waals surface area contributed by atoms with Crippen molar-refractivity contribution in [2.75, 3.05) is 13.1 Å². The molecule has 0 radical (unpaired) electrons. The van der Waals surface area contributed by atoms with Gasteiger partial charge in [0, 0.05) is 31.6 Å². The predicted octanol–water partition coefficient (Wildman–Crippen LogP) is 3.35. The van der Waals surface area contributed by atoms with Gasteiger partial charge in [0.25, 0.3) is 0 Å². The van der Waals surface area contributed by atoms with E-state index in [1.54, 1.807) is 0 Å². The quantitative estimate of drug-likeness (QED) is 0.924. The summed E-state index contributed by atoms with van der Waals surface area (Å²) in [6, 6.07) is 5.11. The van der Waals surface area contributed by atoms with Crippen molar-refractivity contribution in [1.29, 1.82) is 0 Å². The number of nitrogens with one attached hydrogen (secondary N) is 1. The summed E-state index contributed by atoms with van der Waals surface area (Å²) in [5.74, 6) is 1.28. The van der Waals surface area contributed by atoms with E-state index in [0.29, 0.717) is 23.8 Å². The molecule has 3 heteroatoms. The first-order valence-corrected chi connectivity index (χ1v) is 9.04. The molecule has 3 rings (SSSR count). The molecule has 0 unspecified atom stereocenters. The SMILES string of the molecule is Cc1cc(C)c(CN[C@H]2CCN(C(=O)C3CC3)C[C@@H]2C)cc1C. The Morgan fingerprint density at radius 2 is 1.83 bits per heavy atom. The van der Waals surface area contributed by atoms with Gasteiger partial charge in [0.2, 0.25) is 5.91 Å². The van der Waals surface area contributed by atoms with Crippen LogP contribution in [0.2, 0.25) is 0 Å². The fourth-order valence-corrected chi connectivity index (χ4v) is 3.69. The van der Waals surface area contributed by atoms with E-state index in [1.807, 2.05) is 0 Å². The van der Waals surface area contributed by atoms with Crippen molar-refractivity contribution in [2.24, 2.45) is 11.8 Å². The smallest absolute Gasteiger partial charge is 0.225 e. The first kappa shape index (κ1) is 16.5. The van der Waals surface area contributed by atoms with Gasteiger partial charge in [-0.25, -0.2) is 0 Å². The van der Waals surface area contributed by atoms with Gasteiger partial charge in [-0.1, -0.05) is 19.1 Å². The number of aryl methyl sites for hydroxylation is 3. The maximum atomic E-state index is 12.2. The van der Waals surface area contributed by atoms with Gasteiger partial charge in [-0.15, -0.1) is 0 Å². The van der Waals surface area contributed by atoms with Crippen LogP contribution in [-0.4, -0.2) is 29.9 Å². The van der Waals surface area contributed by atoms with Crippen LogP contribution < -0.4 is 5.32 Å². The minimum Gasteiger partial charge on any atom is -0.342 e. The van der Waals surface area contributed by atoms with Crippen LogP contribution in [0.1, 0.15) is 48.4 Å². The second-order valence-electron chi connectivity index (χ2n) is 7.67. The van der Waals surface area contributed by atoms with E-state index in [-0.39, 0.29) is 0 Å². The van der Waals surface area contributed by atoms with E-state index in [4.69, 9.17) is 0 Å². The molecule has 1 aromatic carbocycles.